The number of Topliss-reactive ketones (excluding diaryl/α,β-unsaturated/α-hetero) is 1. The molecule has 0 spiro atoms. The third-order valence-electron chi connectivity index (χ3n) is 5.88. The maximum absolute atomic E-state index is 14.1. The molecule has 2 heterocycles. The summed E-state index contributed by atoms with van der Waals surface area (Å²) in [5, 5.41) is 8.86. The van der Waals surface area contributed by atoms with E-state index in [1.165, 1.54) is 6.07 Å². The van der Waals surface area contributed by atoms with Crippen LogP contribution in [-0.4, -0.2) is 33.9 Å². The third-order valence-corrected chi connectivity index (χ3v) is 5.88. The van der Waals surface area contributed by atoms with Crippen LogP contribution >= 0.6 is 0 Å². The summed E-state index contributed by atoms with van der Waals surface area (Å²) in [5.41, 5.74) is 1.59. The van der Waals surface area contributed by atoms with Crippen molar-refractivity contribution >= 4 is 5.78 Å². The van der Waals surface area contributed by atoms with Crippen molar-refractivity contribution in [2.75, 3.05) is 6.54 Å². The molecule has 1 fully saturated rings. The van der Waals surface area contributed by atoms with Crippen LogP contribution in [0.5, 0.6) is 0 Å². The molecule has 4 nitrogen and oxygen atoms in total. The predicted molar refractivity (Wildman–Crippen MR) is 104 cm³/mol. The van der Waals surface area contributed by atoms with Crippen LogP contribution in [0.4, 0.5) is 8.78 Å². The van der Waals surface area contributed by atoms with Gasteiger partial charge in [0, 0.05) is 29.0 Å². The lowest BCUT2D eigenvalue weighted by molar-refractivity contribution is 0.0888. The highest BCUT2D eigenvalue weighted by Gasteiger charge is 2.31. The second-order valence-electron chi connectivity index (χ2n) is 7.60. The predicted octanol–water partition coefficient (Wildman–Crippen LogP) is 4.69. The van der Waals surface area contributed by atoms with E-state index in [0.29, 0.717) is 35.6 Å². The Bertz CT molecular complexity index is 934. The minimum Gasteiger partial charge on any atom is -0.318 e. The number of aromatic nitrogens is 1. The summed E-state index contributed by atoms with van der Waals surface area (Å²) in [6, 6.07) is 6.36. The standard InChI is InChI=1S/C22H25F2N3O/c1-5-16-7-6-13(2)26(16)12-22(28)18-8-14(3)27(15(18)4)17-9-20(23)19(11-25)21(24)10-17/h8-10,13,16H,5-7,12H2,1-4H3. The number of benzene rings is 1. The quantitative estimate of drug-likeness (QED) is 0.702. The molecule has 2 atom stereocenters. The molecular weight excluding hydrogens is 360 g/mol. The molecule has 0 bridgehead atoms. The van der Waals surface area contributed by atoms with Crippen LogP contribution in [0.15, 0.2) is 18.2 Å². The lowest BCUT2D eigenvalue weighted by Gasteiger charge is -2.26. The van der Waals surface area contributed by atoms with E-state index in [0.717, 1.165) is 31.4 Å². The zero-order chi connectivity index (χ0) is 20.6. The Morgan fingerprint density at radius 3 is 2.43 bits per heavy atom. The van der Waals surface area contributed by atoms with Crippen LogP contribution in [0, 0.1) is 36.8 Å². The van der Waals surface area contributed by atoms with Gasteiger partial charge in [-0.15, -0.1) is 0 Å². The van der Waals surface area contributed by atoms with Gasteiger partial charge in [0.15, 0.2) is 5.78 Å². The van der Waals surface area contributed by atoms with Crippen molar-refractivity contribution in [3.63, 3.8) is 0 Å². The molecule has 0 radical (unpaired) electrons. The van der Waals surface area contributed by atoms with Crippen molar-refractivity contribution in [2.24, 2.45) is 0 Å². The molecule has 1 aromatic carbocycles. The number of carbonyl (C=O) groups excluding carboxylic acids is 1. The molecule has 28 heavy (non-hydrogen) atoms. The van der Waals surface area contributed by atoms with Crippen LogP contribution in [-0.2, 0) is 0 Å². The van der Waals surface area contributed by atoms with E-state index in [4.69, 9.17) is 5.26 Å². The summed E-state index contributed by atoms with van der Waals surface area (Å²) in [5.74, 6) is -1.80. The Balaban J connectivity index is 1.94. The van der Waals surface area contributed by atoms with Crippen molar-refractivity contribution in [1.29, 1.82) is 5.26 Å². The fourth-order valence-electron chi connectivity index (χ4n) is 4.34. The van der Waals surface area contributed by atoms with E-state index in [-0.39, 0.29) is 11.5 Å². The number of aryl methyl sites for hydroxylation is 1. The number of hydrogen-bond donors (Lipinski definition) is 0. The summed E-state index contributed by atoms with van der Waals surface area (Å²) in [4.78, 5) is 15.3. The van der Waals surface area contributed by atoms with Gasteiger partial charge >= 0.3 is 0 Å². The lowest BCUT2D eigenvalue weighted by Crippen LogP contribution is -2.38. The van der Waals surface area contributed by atoms with Crippen LogP contribution in [0.3, 0.4) is 0 Å². The van der Waals surface area contributed by atoms with E-state index in [1.807, 2.05) is 0 Å². The van der Waals surface area contributed by atoms with Gasteiger partial charge in [-0.1, -0.05) is 6.92 Å². The molecule has 0 N–H and O–H groups in total. The number of nitrogens with zero attached hydrogens (tertiary/aromatic N) is 3. The first kappa shape index (κ1) is 20.2. The highest BCUT2D eigenvalue weighted by molar-refractivity contribution is 5.99. The second kappa shape index (κ2) is 7.84. The average molecular weight is 385 g/mol. The zero-order valence-electron chi connectivity index (χ0n) is 16.7. The van der Waals surface area contributed by atoms with Crippen LogP contribution in [0.2, 0.25) is 0 Å². The van der Waals surface area contributed by atoms with Crippen molar-refractivity contribution in [3.8, 4) is 11.8 Å². The Kier molecular flexibility index (Phi) is 5.66. The lowest BCUT2D eigenvalue weighted by atomic mass is 10.1. The molecule has 2 unspecified atom stereocenters. The molecule has 0 amide bonds. The Morgan fingerprint density at radius 1 is 1.21 bits per heavy atom. The molecule has 3 rings (SSSR count). The molecule has 0 saturated carbocycles. The highest BCUT2D eigenvalue weighted by Crippen LogP contribution is 2.28. The number of likely N-dealkylation sites (tertiary alicyclic amines) is 1. The van der Waals surface area contributed by atoms with Crippen LogP contribution in [0.25, 0.3) is 5.69 Å². The molecule has 1 saturated heterocycles. The van der Waals surface area contributed by atoms with E-state index in [9.17, 15) is 13.6 Å². The molecule has 148 valence electrons. The Hall–Kier alpha value is -2.52. The van der Waals surface area contributed by atoms with E-state index < -0.39 is 17.2 Å². The zero-order valence-corrected chi connectivity index (χ0v) is 16.7. The van der Waals surface area contributed by atoms with Gasteiger partial charge in [-0.05, 0) is 58.2 Å². The van der Waals surface area contributed by atoms with Gasteiger partial charge in [-0.2, -0.15) is 5.26 Å². The molecule has 1 aliphatic rings. The fraction of sp³-hybridized carbons (Fsp3) is 0.455. The summed E-state index contributed by atoms with van der Waals surface area (Å²) in [6.45, 7) is 8.21. The number of halogens is 2. The van der Waals surface area contributed by atoms with Crippen molar-refractivity contribution < 1.29 is 13.6 Å². The third kappa shape index (κ3) is 3.47. The van der Waals surface area contributed by atoms with Gasteiger partial charge in [0.25, 0.3) is 0 Å². The normalized spacial score (nSPS) is 19.8. The maximum Gasteiger partial charge on any atom is 0.178 e. The van der Waals surface area contributed by atoms with Gasteiger partial charge < -0.3 is 4.57 Å². The molecule has 6 heteroatoms. The minimum atomic E-state index is -0.908. The van der Waals surface area contributed by atoms with Crippen molar-refractivity contribution in [2.45, 2.75) is 59.0 Å². The van der Waals surface area contributed by atoms with Gasteiger partial charge in [-0.25, -0.2) is 8.78 Å². The topological polar surface area (TPSA) is 49.0 Å². The molecule has 2 aromatic rings. The summed E-state index contributed by atoms with van der Waals surface area (Å²) < 4.78 is 29.8. The van der Waals surface area contributed by atoms with Crippen LogP contribution < -0.4 is 0 Å². The molecule has 1 aliphatic heterocycles. The Labute approximate surface area is 164 Å². The summed E-state index contributed by atoms with van der Waals surface area (Å²) in [6.07, 6.45) is 3.21. The van der Waals surface area contributed by atoms with Gasteiger partial charge in [0.05, 0.1) is 12.2 Å². The summed E-state index contributed by atoms with van der Waals surface area (Å²) in [7, 11) is 0. The van der Waals surface area contributed by atoms with Crippen LogP contribution in [0.1, 0.15) is 60.4 Å². The molecule has 1 aromatic heterocycles. The number of hydrogen-bond acceptors (Lipinski definition) is 3. The van der Waals surface area contributed by atoms with Crippen molar-refractivity contribution in [1.82, 2.24) is 9.47 Å². The fourth-order valence-corrected chi connectivity index (χ4v) is 4.34. The van der Waals surface area contributed by atoms with Gasteiger partial charge in [-0.3, -0.25) is 9.69 Å². The molecule has 0 aliphatic carbocycles. The second-order valence-corrected chi connectivity index (χ2v) is 7.60. The highest BCUT2D eigenvalue weighted by atomic mass is 19.1. The summed E-state index contributed by atoms with van der Waals surface area (Å²) >= 11 is 0. The average Bonchev–Trinajstić information content (AvgIpc) is 3.14. The number of ketones is 1. The van der Waals surface area contributed by atoms with Gasteiger partial charge in [0.2, 0.25) is 0 Å². The first-order valence-electron chi connectivity index (χ1n) is 9.65. The largest absolute Gasteiger partial charge is 0.318 e. The Morgan fingerprint density at radius 2 is 1.86 bits per heavy atom. The number of nitriles is 1. The van der Waals surface area contributed by atoms with E-state index >= 15 is 0 Å². The van der Waals surface area contributed by atoms with Gasteiger partial charge in [0.1, 0.15) is 23.3 Å². The monoisotopic (exact) mass is 385 g/mol. The van der Waals surface area contributed by atoms with Crippen molar-refractivity contribution in [3.05, 3.63) is 52.3 Å². The smallest absolute Gasteiger partial charge is 0.178 e. The first-order chi connectivity index (χ1) is 13.3. The number of rotatable bonds is 5. The van der Waals surface area contributed by atoms with E-state index in [2.05, 4.69) is 18.7 Å². The minimum absolute atomic E-state index is 0.0149. The van der Waals surface area contributed by atoms with E-state index in [1.54, 1.807) is 24.5 Å². The number of carbonyl (C=O) groups is 1. The molecular formula is C22H25F2N3O. The SMILES string of the molecule is CCC1CCC(C)N1CC(=O)c1cc(C)n(-c2cc(F)c(C#N)c(F)c2)c1C. The maximum atomic E-state index is 14.1. The first-order valence-corrected chi connectivity index (χ1v) is 9.65.